The zero-order chi connectivity index (χ0) is 28.8. The summed E-state index contributed by atoms with van der Waals surface area (Å²) in [6.07, 6.45) is 9.27. The zero-order valence-electron chi connectivity index (χ0n) is 24.8. The molecule has 5 rings (SSSR count). The van der Waals surface area contributed by atoms with Crippen molar-refractivity contribution in [3.63, 3.8) is 0 Å². The van der Waals surface area contributed by atoms with Crippen molar-refractivity contribution in [2.24, 2.45) is 17.3 Å². The number of amides is 2. The number of aryl methyl sites for hydroxylation is 1. The fourth-order valence-corrected chi connectivity index (χ4v) is 7.27. The number of nitrogens with one attached hydrogen (secondary N) is 1. The summed E-state index contributed by atoms with van der Waals surface area (Å²) in [6, 6.07) is 3.93. The minimum absolute atomic E-state index is 0.00265. The van der Waals surface area contributed by atoms with Crippen molar-refractivity contribution in [2.75, 3.05) is 6.54 Å². The number of hydrogen-bond donors (Lipinski definition) is 1. The lowest BCUT2D eigenvalue weighted by molar-refractivity contribution is -0.139. The highest BCUT2D eigenvalue weighted by Gasteiger charge is 2.66. The van der Waals surface area contributed by atoms with Crippen LogP contribution in [0.1, 0.15) is 101 Å². The zero-order valence-corrected chi connectivity index (χ0v) is 24.8. The molecule has 0 spiro atoms. The first-order chi connectivity index (χ1) is 19.0. The number of piperidine rings is 1. The molecule has 40 heavy (non-hydrogen) atoms. The highest BCUT2D eigenvalue weighted by Crippen LogP contribution is 2.59. The smallest absolute Gasteiger partial charge is 0.243 e. The predicted octanol–water partition coefficient (Wildman–Crippen LogP) is 5.25. The van der Waals surface area contributed by atoms with Crippen molar-refractivity contribution < 1.29 is 19.2 Å². The molecule has 2 fully saturated rings. The van der Waals surface area contributed by atoms with Gasteiger partial charge in [0.15, 0.2) is 11.6 Å². The summed E-state index contributed by atoms with van der Waals surface area (Å²) in [4.78, 5) is 54.6. The molecule has 1 aromatic carbocycles. The summed E-state index contributed by atoms with van der Waals surface area (Å²) < 4.78 is 1.97. The molecule has 216 valence electrons. The minimum atomic E-state index is -0.448. The van der Waals surface area contributed by atoms with Crippen LogP contribution in [0.2, 0.25) is 0 Å². The SMILES string of the molecule is CCC(=O)[C@@H]1C[C@]23CNC(=O)[C@@H](C)CCCCCc4cc(CC(C)C)cc5c(C(C)=O)cn(c45)CC(=O)N1[C@@H]2C3. The van der Waals surface area contributed by atoms with Crippen LogP contribution in [-0.2, 0) is 33.8 Å². The molecule has 2 amide bonds. The molecule has 7 nitrogen and oxygen atoms in total. The van der Waals surface area contributed by atoms with Crippen LogP contribution < -0.4 is 5.32 Å². The normalized spacial score (nSPS) is 27.4. The van der Waals surface area contributed by atoms with Crippen LogP contribution in [0.5, 0.6) is 0 Å². The topological polar surface area (TPSA) is 88.5 Å². The monoisotopic (exact) mass is 547 g/mol. The first-order valence-corrected chi connectivity index (χ1v) is 15.3. The standard InChI is InChI=1S/C33H45N3O4/c1-6-28(38)27-15-33-16-29(33)36(27)30(39)18-35-17-26(22(5)37)25-14-23(12-20(2)3)13-24(31(25)35)11-9-7-8-10-21(4)32(40)34-19-33/h13-14,17,20-21,27,29H,6-12,15-16,18-19H2,1-5H3,(H,34,40)/t21-,27-,29+,33-/m0/s1. The number of aromatic nitrogens is 1. The van der Waals surface area contributed by atoms with Gasteiger partial charge in [-0.15, -0.1) is 0 Å². The maximum Gasteiger partial charge on any atom is 0.243 e. The van der Waals surface area contributed by atoms with Crippen LogP contribution in [0.15, 0.2) is 18.3 Å². The molecule has 2 bridgehead atoms. The Morgan fingerprint density at radius 3 is 2.60 bits per heavy atom. The Balaban J connectivity index is 1.58. The van der Waals surface area contributed by atoms with Crippen LogP contribution in [0.3, 0.4) is 0 Å². The molecule has 2 aromatic rings. The molecule has 3 aliphatic rings. The third-order valence-electron chi connectivity index (χ3n) is 9.51. The number of Topliss-reactive ketones (excluding diaryl/α,β-unsaturated/α-hetero) is 2. The first-order valence-electron chi connectivity index (χ1n) is 15.3. The summed E-state index contributed by atoms with van der Waals surface area (Å²) in [5.41, 5.74) is 3.81. The molecule has 1 saturated carbocycles. The molecule has 4 atom stereocenters. The molecule has 3 heterocycles. The van der Waals surface area contributed by atoms with E-state index in [4.69, 9.17) is 0 Å². The maximum absolute atomic E-state index is 14.0. The summed E-state index contributed by atoms with van der Waals surface area (Å²) in [7, 11) is 0. The van der Waals surface area contributed by atoms with E-state index in [0.29, 0.717) is 30.9 Å². The molecule has 1 aliphatic carbocycles. The van der Waals surface area contributed by atoms with E-state index in [1.54, 1.807) is 6.92 Å². The number of nitrogens with zero attached hydrogens (tertiary/aromatic N) is 2. The molecular weight excluding hydrogens is 502 g/mol. The molecule has 7 heteroatoms. The number of hydrogen-bond acceptors (Lipinski definition) is 4. The summed E-state index contributed by atoms with van der Waals surface area (Å²) in [5, 5.41) is 4.09. The second-order valence-corrected chi connectivity index (χ2v) is 13.1. The van der Waals surface area contributed by atoms with Gasteiger partial charge in [0.1, 0.15) is 6.54 Å². The van der Waals surface area contributed by atoms with E-state index in [0.717, 1.165) is 55.8 Å². The Kier molecular flexibility index (Phi) is 7.95. The second kappa shape index (κ2) is 11.1. The average Bonchev–Trinajstić information content (AvgIpc) is 3.31. The average molecular weight is 548 g/mol. The van der Waals surface area contributed by atoms with E-state index >= 15 is 0 Å². The van der Waals surface area contributed by atoms with Gasteiger partial charge in [-0.1, -0.05) is 46.6 Å². The van der Waals surface area contributed by atoms with Gasteiger partial charge >= 0.3 is 0 Å². The van der Waals surface area contributed by atoms with Crippen molar-refractivity contribution in [1.82, 2.24) is 14.8 Å². The summed E-state index contributed by atoms with van der Waals surface area (Å²) >= 11 is 0. The van der Waals surface area contributed by atoms with Gasteiger partial charge in [0.05, 0.1) is 11.6 Å². The van der Waals surface area contributed by atoms with E-state index < -0.39 is 6.04 Å². The van der Waals surface area contributed by atoms with Gasteiger partial charge < -0.3 is 14.8 Å². The van der Waals surface area contributed by atoms with Crippen LogP contribution >= 0.6 is 0 Å². The molecule has 1 N–H and O–H groups in total. The quantitative estimate of drug-likeness (QED) is 0.518. The van der Waals surface area contributed by atoms with Crippen LogP contribution in [-0.4, -0.2) is 51.5 Å². The van der Waals surface area contributed by atoms with E-state index in [9.17, 15) is 19.2 Å². The van der Waals surface area contributed by atoms with E-state index in [1.165, 1.54) is 11.1 Å². The van der Waals surface area contributed by atoms with Gasteiger partial charge in [-0.05, 0) is 68.6 Å². The number of carbonyl (C=O) groups excluding carboxylic acids is 4. The Morgan fingerprint density at radius 2 is 1.90 bits per heavy atom. The van der Waals surface area contributed by atoms with Gasteiger partial charge in [0.2, 0.25) is 11.8 Å². The lowest BCUT2D eigenvalue weighted by Crippen LogP contribution is -2.44. The third kappa shape index (κ3) is 5.36. The highest BCUT2D eigenvalue weighted by molar-refractivity contribution is 6.08. The van der Waals surface area contributed by atoms with Crippen molar-refractivity contribution in [2.45, 2.75) is 111 Å². The molecule has 0 radical (unpaired) electrons. The van der Waals surface area contributed by atoms with Crippen LogP contribution in [0.25, 0.3) is 10.9 Å². The van der Waals surface area contributed by atoms with E-state index in [1.807, 2.05) is 29.5 Å². The minimum Gasteiger partial charge on any atom is -0.355 e. The van der Waals surface area contributed by atoms with E-state index in [2.05, 4.69) is 31.3 Å². The Bertz CT molecular complexity index is 1340. The largest absolute Gasteiger partial charge is 0.355 e. The van der Waals surface area contributed by atoms with Crippen LogP contribution in [0, 0.1) is 17.3 Å². The number of benzene rings is 1. The first kappa shape index (κ1) is 28.6. The summed E-state index contributed by atoms with van der Waals surface area (Å²) in [5.74, 6) is 0.492. The molecule has 2 aliphatic heterocycles. The molecule has 1 saturated heterocycles. The highest BCUT2D eigenvalue weighted by atomic mass is 16.2. The fraction of sp³-hybridized carbons (Fsp3) is 0.636. The summed E-state index contributed by atoms with van der Waals surface area (Å²) in [6.45, 7) is 10.5. The molecule has 1 aromatic heterocycles. The number of ketones is 2. The molecule has 0 unspecified atom stereocenters. The lowest BCUT2D eigenvalue weighted by Gasteiger charge is -2.27. The van der Waals surface area contributed by atoms with Crippen molar-refractivity contribution in [3.8, 4) is 0 Å². The van der Waals surface area contributed by atoms with Gasteiger partial charge in [0, 0.05) is 47.5 Å². The Hall–Kier alpha value is -2.96. The van der Waals surface area contributed by atoms with Crippen molar-refractivity contribution >= 4 is 34.3 Å². The lowest BCUT2D eigenvalue weighted by atomic mass is 9.94. The molecular formula is C33H45N3O4. The van der Waals surface area contributed by atoms with E-state index in [-0.39, 0.29) is 47.3 Å². The Morgan fingerprint density at radius 1 is 1.12 bits per heavy atom. The van der Waals surface area contributed by atoms with Crippen LogP contribution in [0.4, 0.5) is 0 Å². The van der Waals surface area contributed by atoms with Crippen molar-refractivity contribution in [1.29, 1.82) is 0 Å². The van der Waals surface area contributed by atoms with Gasteiger partial charge in [0.25, 0.3) is 0 Å². The Labute approximate surface area is 238 Å². The van der Waals surface area contributed by atoms with Gasteiger partial charge in [-0.2, -0.15) is 0 Å². The van der Waals surface area contributed by atoms with Crippen molar-refractivity contribution in [3.05, 3.63) is 35.0 Å². The maximum atomic E-state index is 14.0. The van der Waals surface area contributed by atoms with Gasteiger partial charge in [-0.3, -0.25) is 19.2 Å². The third-order valence-corrected chi connectivity index (χ3v) is 9.51. The number of carbonyl (C=O) groups is 4. The number of rotatable bonds is 5. The predicted molar refractivity (Wildman–Crippen MR) is 156 cm³/mol. The second-order valence-electron chi connectivity index (χ2n) is 13.1. The van der Waals surface area contributed by atoms with Gasteiger partial charge in [-0.25, -0.2) is 0 Å². The fourth-order valence-electron chi connectivity index (χ4n) is 7.27.